The zero-order valence-electron chi connectivity index (χ0n) is 20.7. The van der Waals surface area contributed by atoms with Crippen LogP contribution >= 0.6 is 0 Å². The number of hydrogen-bond donors (Lipinski definition) is 2. The van der Waals surface area contributed by atoms with E-state index in [1.165, 1.54) is 42.1 Å². The minimum atomic E-state index is -3.70. The van der Waals surface area contributed by atoms with Crippen molar-refractivity contribution < 1.29 is 31.1 Å². The Bertz CT molecular complexity index is 1750. The van der Waals surface area contributed by atoms with Crippen molar-refractivity contribution in [2.45, 2.75) is 6.92 Å². The Morgan fingerprint density at radius 1 is 1.08 bits per heavy atom. The van der Waals surface area contributed by atoms with E-state index in [-0.39, 0.29) is 23.5 Å². The van der Waals surface area contributed by atoms with Crippen molar-refractivity contribution in [2.75, 3.05) is 23.0 Å². The standard InChI is InChI=1S/C25H25N3O8S2/c1-4-35-25(30)21-13-19-20(14-27(2)24(29)23(19)26-21)18-12-16(28(37(31)32)15-38(3,33)34)10-11-22(18)36-17-8-6-5-7-9-17/h5-14,26,37H,4,15H2,1-3H3. The predicted molar refractivity (Wildman–Crippen MR) is 144 cm³/mol. The quantitative estimate of drug-likeness (QED) is 0.235. The second-order valence-corrected chi connectivity index (χ2v) is 11.5. The number of pyridine rings is 1. The first-order valence-electron chi connectivity index (χ1n) is 11.3. The van der Waals surface area contributed by atoms with Crippen LogP contribution in [0.15, 0.2) is 65.6 Å². The topological polar surface area (TPSA) is 145 Å². The first kappa shape index (κ1) is 26.9. The molecule has 2 aromatic heterocycles. The molecular weight excluding hydrogens is 534 g/mol. The average Bonchev–Trinajstić information content (AvgIpc) is 3.31. The molecule has 0 fully saturated rings. The number of thiol groups is 1. The van der Waals surface area contributed by atoms with Gasteiger partial charge in [-0.15, -0.1) is 0 Å². The number of H-pyrrole nitrogens is 1. The molecule has 0 saturated carbocycles. The van der Waals surface area contributed by atoms with Crippen molar-refractivity contribution in [2.24, 2.45) is 7.05 Å². The Balaban J connectivity index is 1.99. The van der Waals surface area contributed by atoms with Crippen LogP contribution in [0.4, 0.5) is 5.69 Å². The lowest BCUT2D eigenvalue weighted by atomic mass is 10.0. The van der Waals surface area contributed by atoms with Crippen molar-refractivity contribution in [1.82, 2.24) is 9.55 Å². The van der Waals surface area contributed by atoms with Crippen LogP contribution in [0.25, 0.3) is 22.0 Å². The number of aromatic amines is 1. The van der Waals surface area contributed by atoms with Crippen molar-refractivity contribution in [3.05, 3.63) is 76.8 Å². The number of carbonyl (C=O) groups is 1. The summed E-state index contributed by atoms with van der Waals surface area (Å²) in [6.07, 6.45) is 2.46. The first-order valence-corrected chi connectivity index (χ1v) is 14.5. The summed E-state index contributed by atoms with van der Waals surface area (Å²) in [5.41, 5.74) is 0.660. The molecule has 13 heteroatoms. The summed E-state index contributed by atoms with van der Waals surface area (Å²) >= 11 is 0. The number of aromatic nitrogens is 2. The van der Waals surface area contributed by atoms with E-state index in [9.17, 15) is 26.4 Å². The van der Waals surface area contributed by atoms with Gasteiger partial charge in [-0.1, -0.05) is 18.2 Å². The monoisotopic (exact) mass is 559 g/mol. The molecule has 200 valence electrons. The van der Waals surface area contributed by atoms with E-state index in [0.29, 0.717) is 28.0 Å². The summed E-state index contributed by atoms with van der Waals surface area (Å²) in [4.78, 5) is 28.1. The van der Waals surface area contributed by atoms with E-state index in [0.717, 1.165) is 10.6 Å². The van der Waals surface area contributed by atoms with Crippen LogP contribution in [-0.2, 0) is 32.5 Å². The molecule has 38 heavy (non-hydrogen) atoms. The van der Waals surface area contributed by atoms with Gasteiger partial charge in [0.15, 0.2) is 9.84 Å². The maximum absolute atomic E-state index is 12.9. The third-order valence-corrected chi connectivity index (χ3v) is 7.22. The Labute approximate surface area is 220 Å². The highest BCUT2D eigenvalue weighted by atomic mass is 32.2. The number of sulfone groups is 1. The molecule has 0 atom stereocenters. The second-order valence-electron chi connectivity index (χ2n) is 8.44. The maximum atomic E-state index is 12.9. The molecule has 0 aliphatic rings. The zero-order chi connectivity index (χ0) is 27.6. The molecule has 0 unspecified atom stereocenters. The van der Waals surface area contributed by atoms with Crippen LogP contribution in [0.3, 0.4) is 0 Å². The first-order chi connectivity index (χ1) is 18.0. The highest BCUT2D eigenvalue weighted by Crippen LogP contribution is 2.39. The average molecular weight is 560 g/mol. The third-order valence-electron chi connectivity index (χ3n) is 5.54. The fourth-order valence-corrected chi connectivity index (χ4v) is 5.81. The van der Waals surface area contributed by atoms with Crippen LogP contribution in [0.5, 0.6) is 11.5 Å². The Morgan fingerprint density at radius 3 is 2.42 bits per heavy atom. The highest BCUT2D eigenvalue weighted by Gasteiger charge is 2.22. The van der Waals surface area contributed by atoms with Gasteiger partial charge in [0.1, 0.15) is 28.6 Å². The van der Waals surface area contributed by atoms with Crippen LogP contribution in [-0.4, -0.2) is 51.1 Å². The molecular formula is C25H25N3O8S2. The molecule has 0 radical (unpaired) electrons. The SMILES string of the molecule is CCOC(=O)c1cc2c(-c3cc(N(CS(C)(=O)=O)[SH](=O)=O)ccc3Oc3ccccc3)cn(C)c(=O)c2[nH]1. The number of nitrogens with zero attached hydrogens (tertiary/aromatic N) is 2. The fourth-order valence-electron chi connectivity index (χ4n) is 3.90. The van der Waals surface area contributed by atoms with E-state index in [4.69, 9.17) is 9.47 Å². The minimum absolute atomic E-state index is 0.0643. The van der Waals surface area contributed by atoms with E-state index < -0.39 is 38.1 Å². The predicted octanol–water partition coefficient (Wildman–Crippen LogP) is 2.84. The van der Waals surface area contributed by atoms with Gasteiger partial charge in [0.2, 0.25) is 10.9 Å². The number of fused-ring (bicyclic) bond motifs is 1. The van der Waals surface area contributed by atoms with Gasteiger partial charge in [-0.05, 0) is 43.3 Å². The fraction of sp³-hybridized carbons (Fsp3) is 0.200. The third kappa shape index (κ3) is 5.73. The Kier molecular flexibility index (Phi) is 7.60. The summed E-state index contributed by atoms with van der Waals surface area (Å²) in [7, 11) is -5.48. The lowest BCUT2D eigenvalue weighted by Crippen LogP contribution is -2.27. The maximum Gasteiger partial charge on any atom is 0.354 e. The molecule has 0 saturated heterocycles. The van der Waals surface area contributed by atoms with E-state index in [1.54, 1.807) is 31.2 Å². The minimum Gasteiger partial charge on any atom is -0.461 e. The van der Waals surface area contributed by atoms with Gasteiger partial charge in [-0.25, -0.2) is 21.6 Å². The van der Waals surface area contributed by atoms with Crippen molar-refractivity contribution in [3.63, 3.8) is 0 Å². The van der Waals surface area contributed by atoms with Gasteiger partial charge in [-0.3, -0.25) is 9.10 Å². The van der Waals surface area contributed by atoms with E-state index >= 15 is 0 Å². The van der Waals surface area contributed by atoms with Crippen LogP contribution < -0.4 is 14.6 Å². The van der Waals surface area contributed by atoms with Crippen LogP contribution in [0, 0.1) is 0 Å². The number of hydrogen-bond acceptors (Lipinski definition) is 8. The number of anilines is 1. The van der Waals surface area contributed by atoms with Gasteiger partial charge in [0.05, 0.1) is 12.3 Å². The van der Waals surface area contributed by atoms with Crippen molar-refractivity contribution in [1.29, 1.82) is 0 Å². The van der Waals surface area contributed by atoms with Gasteiger partial charge in [-0.2, -0.15) is 0 Å². The largest absolute Gasteiger partial charge is 0.461 e. The molecule has 1 N–H and O–H groups in total. The molecule has 2 heterocycles. The molecule has 0 amide bonds. The molecule has 2 aromatic carbocycles. The number of carbonyl (C=O) groups excluding carboxylic acids is 1. The lowest BCUT2D eigenvalue weighted by molar-refractivity contribution is 0.0520. The molecule has 4 aromatic rings. The van der Waals surface area contributed by atoms with Crippen molar-refractivity contribution in [3.8, 4) is 22.6 Å². The Hall–Kier alpha value is -4.10. The number of nitrogens with one attached hydrogen (secondary N) is 1. The van der Waals surface area contributed by atoms with E-state index in [1.807, 2.05) is 6.07 Å². The summed E-state index contributed by atoms with van der Waals surface area (Å²) in [5.74, 6) is -0.607. The zero-order valence-corrected chi connectivity index (χ0v) is 22.4. The second kappa shape index (κ2) is 10.7. The number of ether oxygens (including phenoxy) is 2. The normalized spacial score (nSPS) is 11.6. The van der Waals surface area contributed by atoms with Crippen LogP contribution in [0.2, 0.25) is 0 Å². The number of aryl methyl sites for hydroxylation is 1. The number of rotatable bonds is 9. The highest BCUT2D eigenvalue weighted by molar-refractivity contribution is 7.91. The Morgan fingerprint density at radius 2 is 1.79 bits per heavy atom. The number of esters is 1. The molecule has 4 rings (SSSR count). The summed E-state index contributed by atoms with van der Waals surface area (Å²) in [5, 5.41) is 0.368. The number of para-hydroxylation sites is 1. The van der Waals surface area contributed by atoms with Gasteiger partial charge in [0, 0.05) is 36.0 Å². The summed E-state index contributed by atoms with van der Waals surface area (Å²) in [6.45, 7) is 1.80. The summed E-state index contributed by atoms with van der Waals surface area (Å²) < 4.78 is 61.1. The van der Waals surface area contributed by atoms with Crippen molar-refractivity contribution >= 4 is 43.3 Å². The smallest absolute Gasteiger partial charge is 0.354 e. The van der Waals surface area contributed by atoms with E-state index in [2.05, 4.69) is 4.98 Å². The summed E-state index contributed by atoms with van der Waals surface area (Å²) in [6, 6.07) is 14.7. The van der Waals surface area contributed by atoms with Crippen LogP contribution in [0.1, 0.15) is 17.4 Å². The molecule has 0 aliphatic heterocycles. The van der Waals surface area contributed by atoms with Gasteiger partial charge < -0.3 is 19.0 Å². The molecule has 0 bridgehead atoms. The lowest BCUT2D eigenvalue weighted by Gasteiger charge is -2.20. The van der Waals surface area contributed by atoms with Gasteiger partial charge in [0.25, 0.3) is 5.56 Å². The van der Waals surface area contributed by atoms with Gasteiger partial charge >= 0.3 is 5.97 Å². The molecule has 0 aliphatic carbocycles. The number of benzene rings is 2. The molecule has 0 spiro atoms. The molecule has 11 nitrogen and oxygen atoms in total.